The fourth-order valence-electron chi connectivity index (χ4n) is 4.90. The van der Waals surface area contributed by atoms with Crippen molar-refractivity contribution in [1.82, 2.24) is 20.9 Å². The first-order chi connectivity index (χ1) is 22.3. The number of guanidine groups is 1. The molecule has 12 N–H and O–H groups in total. The number of aliphatic hydroxyl groups excluding tert-OH is 1. The molecule has 0 fully saturated rings. The van der Waals surface area contributed by atoms with E-state index in [0.29, 0.717) is 12.0 Å². The second-order valence-electron chi connectivity index (χ2n) is 12.8. The third kappa shape index (κ3) is 14.5. The minimum absolute atomic E-state index is 0.00526. The van der Waals surface area contributed by atoms with E-state index in [-0.39, 0.29) is 55.8 Å². The normalized spacial score (nSPS) is 15.0. The number of phenolic OH excluding ortho intramolecular Hbond substituents is 1. The predicted molar refractivity (Wildman–Crippen MR) is 180 cm³/mol. The summed E-state index contributed by atoms with van der Waals surface area (Å²) in [4.78, 5) is 70.8. The summed E-state index contributed by atoms with van der Waals surface area (Å²) in [6.07, 6.45) is -0.400. The van der Waals surface area contributed by atoms with Gasteiger partial charge in [-0.2, -0.15) is 0 Å². The van der Waals surface area contributed by atoms with Crippen LogP contribution in [0.1, 0.15) is 65.9 Å². The molecule has 0 aliphatic heterocycles. The number of carboxylic acids is 1. The van der Waals surface area contributed by atoms with Crippen molar-refractivity contribution in [3.05, 3.63) is 29.8 Å². The molecule has 0 heterocycles. The van der Waals surface area contributed by atoms with E-state index in [1.165, 1.54) is 31.0 Å². The molecule has 4 amide bonds. The van der Waals surface area contributed by atoms with Gasteiger partial charge in [-0.25, -0.2) is 4.79 Å². The highest BCUT2D eigenvalue weighted by atomic mass is 16.4. The van der Waals surface area contributed by atoms with Crippen molar-refractivity contribution in [2.45, 2.75) is 103 Å². The topological polar surface area (TPSA) is 276 Å². The molecule has 48 heavy (non-hydrogen) atoms. The number of phenols is 1. The Balaban J connectivity index is 3.32. The zero-order valence-electron chi connectivity index (χ0n) is 28.7. The number of nitrogens with two attached hydrogens (primary N) is 3. The first kappa shape index (κ1) is 41.6. The maximum Gasteiger partial charge on any atom is 0.328 e. The third-order valence-electron chi connectivity index (χ3n) is 7.49. The average molecular weight is 679 g/mol. The van der Waals surface area contributed by atoms with Gasteiger partial charge in [0.15, 0.2) is 12.0 Å². The number of amides is 4. The molecule has 1 aromatic rings. The number of aromatic hydroxyl groups is 1. The molecule has 0 unspecified atom stereocenters. The van der Waals surface area contributed by atoms with Crippen molar-refractivity contribution in [2.24, 2.45) is 34.0 Å². The monoisotopic (exact) mass is 678 g/mol. The highest BCUT2D eigenvalue weighted by Crippen LogP contribution is 2.17. The van der Waals surface area contributed by atoms with Gasteiger partial charge in [-0.05, 0) is 62.1 Å². The summed E-state index contributed by atoms with van der Waals surface area (Å²) in [5.74, 6) is -4.34. The number of likely N-dealkylation sites (N-methyl/N-ethyl adjacent to an activating group) is 1. The van der Waals surface area contributed by atoms with E-state index in [9.17, 15) is 39.3 Å². The van der Waals surface area contributed by atoms with Gasteiger partial charge in [0, 0.05) is 20.0 Å². The number of benzene rings is 1. The molecule has 0 saturated heterocycles. The highest BCUT2D eigenvalue weighted by molar-refractivity contribution is 5.95. The fourth-order valence-corrected chi connectivity index (χ4v) is 4.90. The number of aliphatic imine (C=N–C) groups is 1. The zero-order chi connectivity index (χ0) is 36.7. The van der Waals surface area contributed by atoms with E-state index in [2.05, 4.69) is 20.9 Å². The molecular formula is C32H54N8O8. The number of carbonyl (C=O) groups is 5. The van der Waals surface area contributed by atoms with E-state index in [4.69, 9.17) is 17.2 Å². The molecule has 0 saturated carbocycles. The van der Waals surface area contributed by atoms with Gasteiger partial charge in [0.05, 0.1) is 12.1 Å². The molecule has 16 heteroatoms. The molecule has 0 spiro atoms. The Morgan fingerprint density at radius 1 is 0.854 bits per heavy atom. The van der Waals surface area contributed by atoms with Gasteiger partial charge in [0.1, 0.15) is 23.9 Å². The van der Waals surface area contributed by atoms with Crippen LogP contribution >= 0.6 is 0 Å². The largest absolute Gasteiger partial charge is 0.508 e. The second kappa shape index (κ2) is 20.0. The summed E-state index contributed by atoms with van der Waals surface area (Å²) in [5.41, 5.74) is 17.4. The molecule has 0 radical (unpaired) electrons. The smallest absolute Gasteiger partial charge is 0.328 e. The van der Waals surface area contributed by atoms with Crippen LogP contribution in [0.3, 0.4) is 0 Å². The van der Waals surface area contributed by atoms with Crippen LogP contribution in [0.25, 0.3) is 0 Å². The molecule has 6 atom stereocenters. The summed E-state index contributed by atoms with van der Waals surface area (Å²) < 4.78 is 0. The summed E-state index contributed by atoms with van der Waals surface area (Å²) >= 11 is 0. The summed E-state index contributed by atoms with van der Waals surface area (Å²) in [5, 5.41) is 36.8. The van der Waals surface area contributed by atoms with Crippen LogP contribution in [-0.2, 0) is 30.4 Å². The van der Waals surface area contributed by atoms with Crippen molar-refractivity contribution >= 4 is 35.6 Å². The number of nitrogens with zero attached hydrogens (tertiary/aromatic N) is 2. The first-order valence-corrected chi connectivity index (χ1v) is 16.0. The molecular weight excluding hydrogens is 624 g/mol. The highest BCUT2D eigenvalue weighted by Gasteiger charge is 2.36. The van der Waals surface area contributed by atoms with Gasteiger partial charge in [-0.15, -0.1) is 0 Å². The lowest BCUT2D eigenvalue weighted by molar-refractivity contribution is -0.147. The van der Waals surface area contributed by atoms with E-state index in [1.807, 2.05) is 27.7 Å². The lowest BCUT2D eigenvalue weighted by Gasteiger charge is -2.33. The lowest BCUT2D eigenvalue weighted by atomic mass is 9.97. The van der Waals surface area contributed by atoms with Gasteiger partial charge >= 0.3 is 5.97 Å². The summed E-state index contributed by atoms with van der Waals surface area (Å²) in [7, 11) is 1.39. The molecule has 0 bridgehead atoms. The number of rotatable bonds is 20. The Morgan fingerprint density at radius 2 is 1.42 bits per heavy atom. The Labute approximate surface area is 281 Å². The van der Waals surface area contributed by atoms with Crippen LogP contribution < -0.4 is 33.2 Å². The van der Waals surface area contributed by atoms with Crippen LogP contribution in [0.2, 0.25) is 0 Å². The predicted octanol–water partition coefficient (Wildman–Crippen LogP) is -0.845. The van der Waals surface area contributed by atoms with E-state index in [1.54, 1.807) is 12.1 Å². The zero-order valence-corrected chi connectivity index (χ0v) is 28.7. The van der Waals surface area contributed by atoms with Gasteiger partial charge in [0.2, 0.25) is 23.6 Å². The van der Waals surface area contributed by atoms with Gasteiger partial charge < -0.3 is 53.4 Å². The van der Waals surface area contributed by atoms with E-state index in [0.717, 1.165) is 0 Å². The van der Waals surface area contributed by atoms with E-state index < -0.39 is 65.9 Å². The van der Waals surface area contributed by atoms with Gasteiger partial charge in [0.25, 0.3) is 0 Å². The molecule has 0 aliphatic rings. The minimum Gasteiger partial charge on any atom is -0.508 e. The number of nitrogens with one attached hydrogen (secondary N) is 3. The van der Waals surface area contributed by atoms with Crippen molar-refractivity contribution in [2.75, 3.05) is 13.6 Å². The van der Waals surface area contributed by atoms with Crippen LogP contribution in [0.5, 0.6) is 5.75 Å². The molecule has 1 rings (SSSR count). The maximum atomic E-state index is 13.9. The number of hydrogen-bond acceptors (Lipinski definition) is 9. The summed E-state index contributed by atoms with van der Waals surface area (Å²) in [6, 6.07) is 0.0722. The molecule has 0 aromatic heterocycles. The first-order valence-electron chi connectivity index (χ1n) is 16.0. The maximum absolute atomic E-state index is 13.9. The van der Waals surface area contributed by atoms with Crippen molar-refractivity contribution in [3.8, 4) is 5.75 Å². The number of aliphatic carboxylic acids is 1. The van der Waals surface area contributed by atoms with Crippen LogP contribution in [0.4, 0.5) is 0 Å². The van der Waals surface area contributed by atoms with Crippen molar-refractivity contribution < 1.29 is 39.3 Å². The summed E-state index contributed by atoms with van der Waals surface area (Å²) in [6.45, 7) is 8.85. The van der Waals surface area contributed by atoms with Crippen molar-refractivity contribution in [1.29, 1.82) is 0 Å². The second-order valence-corrected chi connectivity index (χ2v) is 12.8. The molecule has 16 nitrogen and oxygen atoms in total. The van der Waals surface area contributed by atoms with Crippen LogP contribution in [-0.4, -0.2) is 106 Å². The van der Waals surface area contributed by atoms with Gasteiger partial charge in [-0.3, -0.25) is 24.2 Å². The molecule has 1 aromatic carbocycles. The number of hydrogen-bond donors (Lipinski definition) is 9. The number of carboxylic acid groups (broad SMARTS) is 1. The third-order valence-corrected chi connectivity index (χ3v) is 7.49. The number of carbonyl (C=O) groups excluding carboxylic acids is 4. The Bertz CT molecular complexity index is 1250. The van der Waals surface area contributed by atoms with Crippen LogP contribution in [0.15, 0.2) is 29.3 Å². The Kier molecular flexibility index (Phi) is 17.4. The van der Waals surface area contributed by atoms with Crippen LogP contribution in [0, 0.1) is 11.8 Å². The molecule has 270 valence electrons. The minimum atomic E-state index is -1.59. The quantitative estimate of drug-likeness (QED) is 0.0466. The Morgan fingerprint density at radius 3 is 1.92 bits per heavy atom. The lowest BCUT2D eigenvalue weighted by Crippen LogP contribution is -2.60. The van der Waals surface area contributed by atoms with E-state index >= 15 is 0 Å². The average Bonchev–Trinajstić information content (AvgIpc) is 2.99. The molecule has 0 aliphatic carbocycles. The fraction of sp³-hybridized carbons (Fsp3) is 0.625. The van der Waals surface area contributed by atoms with Gasteiger partial charge in [-0.1, -0.05) is 39.8 Å². The SMILES string of the molecule is CC(C)C[C@H](NC(=O)[C@H](Cc1ccc(O)cc1)NC(=O)[C@@H](N)CCCN=C(N)N)C(=O)N(C)[C@@H](CC(C)C)C(=O)N[C@H](C(=O)O)[C@@H](C)O. The standard InChI is InChI=1S/C32H54N8O8/c1-17(2)14-24(30(46)40(6)25(15-18(3)4)29(45)39-26(19(5)41)31(47)48)38-28(44)23(16-20-9-11-21(42)12-10-20)37-27(43)22(33)8-7-13-36-32(34)35/h9-12,17-19,22-26,41-42H,7-8,13-16,33H2,1-6H3,(H,37,43)(H,38,44)(H,39,45)(H,47,48)(H4,34,35,36)/t19-,22+,23+,24+,25+,26+/m1/s1. The number of aliphatic hydroxyl groups is 1. The van der Waals surface area contributed by atoms with Crippen molar-refractivity contribution in [3.63, 3.8) is 0 Å². The Hall–Kier alpha value is -4.44.